The zero-order chi connectivity index (χ0) is 12.4. The number of amides is 1. The fraction of sp³-hybridized carbons (Fsp3) is 0.273. The Kier molecular flexibility index (Phi) is 2.86. The minimum Gasteiger partial charge on any atom is -0.305 e. The summed E-state index contributed by atoms with van der Waals surface area (Å²) in [6.45, 7) is 5.55. The van der Waals surface area contributed by atoms with Gasteiger partial charge >= 0.3 is 0 Å². The molecule has 0 atom stereocenters. The van der Waals surface area contributed by atoms with Crippen molar-refractivity contribution in [3.63, 3.8) is 0 Å². The molecule has 0 spiro atoms. The van der Waals surface area contributed by atoms with Gasteiger partial charge in [0.25, 0.3) is 5.91 Å². The van der Waals surface area contributed by atoms with Gasteiger partial charge in [0.05, 0.1) is 0 Å². The van der Waals surface area contributed by atoms with E-state index in [-0.39, 0.29) is 5.91 Å². The predicted molar refractivity (Wildman–Crippen MR) is 62.8 cm³/mol. The first kappa shape index (κ1) is 11.3. The quantitative estimate of drug-likeness (QED) is 0.817. The van der Waals surface area contributed by atoms with Crippen molar-refractivity contribution in [2.75, 3.05) is 5.32 Å². The third-order valence-corrected chi connectivity index (χ3v) is 2.48. The first-order chi connectivity index (χ1) is 8.08. The maximum Gasteiger partial charge on any atom is 0.274 e. The highest BCUT2D eigenvalue weighted by atomic mass is 16.2. The van der Waals surface area contributed by atoms with Gasteiger partial charge in [0.2, 0.25) is 0 Å². The molecule has 0 aliphatic heterocycles. The average molecular weight is 231 g/mol. The fourth-order valence-electron chi connectivity index (χ4n) is 1.45. The second-order valence-electron chi connectivity index (χ2n) is 3.75. The highest BCUT2D eigenvalue weighted by Gasteiger charge is 2.11. The maximum atomic E-state index is 11.8. The number of rotatable bonds is 2. The summed E-state index contributed by atoms with van der Waals surface area (Å²) >= 11 is 0. The molecule has 2 aromatic rings. The van der Waals surface area contributed by atoms with Gasteiger partial charge in [-0.1, -0.05) is 0 Å². The number of H-pyrrole nitrogens is 1. The molecule has 2 aromatic heterocycles. The highest BCUT2D eigenvalue weighted by molar-refractivity contribution is 6.02. The Hall–Kier alpha value is -2.24. The standard InChI is InChI=1S/C11H13N5O/c1-6-7(2)13-8(3)14-10(6)15-11(17)9-4-5-12-16-9/h4-5H,1-3H3,(H,12,16)(H,13,14,15,17). The van der Waals surface area contributed by atoms with Crippen molar-refractivity contribution in [3.8, 4) is 0 Å². The SMILES string of the molecule is Cc1nc(C)c(C)c(NC(=O)c2ccn[nH]2)n1. The Morgan fingerprint density at radius 2 is 2.06 bits per heavy atom. The Bertz CT molecular complexity index is 547. The third-order valence-electron chi connectivity index (χ3n) is 2.48. The van der Waals surface area contributed by atoms with Gasteiger partial charge in [0.15, 0.2) is 0 Å². The molecule has 6 heteroatoms. The summed E-state index contributed by atoms with van der Waals surface area (Å²) in [6, 6.07) is 1.60. The van der Waals surface area contributed by atoms with Crippen LogP contribution in [0.15, 0.2) is 12.3 Å². The van der Waals surface area contributed by atoms with Crippen LogP contribution in [0.2, 0.25) is 0 Å². The average Bonchev–Trinajstić information content (AvgIpc) is 2.78. The number of nitrogens with zero attached hydrogens (tertiary/aromatic N) is 3. The smallest absolute Gasteiger partial charge is 0.274 e. The molecule has 0 aliphatic carbocycles. The van der Waals surface area contributed by atoms with Crippen LogP contribution >= 0.6 is 0 Å². The number of nitrogens with one attached hydrogen (secondary N) is 2. The molecule has 17 heavy (non-hydrogen) atoms. The van der Waals surface area contributed by atoms with E-state index in [1.807, 2.05) is 13.8 Å². The molecule has 6 nitrogen and oxygen atoms in total. The number of aryl methyl sites for hydroxylation is 2. The summed E-state index contributed by atoms with van der Waals surface area (Å²) in [5.74, 6) is 0.908. The number of hydrogen-bond acceptors (Lipinski definition) is 4. The van der Waals surface area contributed by atoms with Crippen molar-refractivity contribution in [2.24, 2.45) is 0 Å². The summed E-state index contributed by atoms with van der Waals surface area (Å²) in [7, 11) is 0. The number of aromatic nitrogens is 4. The van der Waals surface area contributed by atoms with Crippen molar-refractivity contribution in [1.82, 2.24) is 20.2 Å². The molecule has 0 saturated carbocycles. The monoisotopic (exact) mass is 231 g/mol. The van der Waals surface area contributed by atoms with Gasteiger partial charge in [-0.15, -0.1) is 0 Å². The lowest BCUT2D eigenvalue weighted by Crippen LogP contribution is -2.15. The molecule has 2 N–H and O–H groups in total. The maximum absolute atomic E-state index is 11.8. The van der Waals surface area contributed by atoms with Crippen molar-refractivity contribution in [1.29, 1.82) is 0 Å². The number of carbonyl (C=O) groups is 1. The van der Waals surface area contributed by atoms with Crippen molar-refractivity contribution >= 4 is 11.7 Å². The second kappa shape index (κ2) is 4.32. The largest absolute Gasteiger partial charge is 0.305 e. The Balaban J connectivity index is 2.28. The van der Waals surface area contributed by atoms with E-state index in [1.54, 1.807) is 13.0 Å². The van der Waals surface area contributed by atoms with Crippen LogP contribution in [0.1, 0.15) is 27.6 Å². The molecular formula is C11H13N5O. The molecule has 0 aliphatic rings. The Morgan fingerprint density at radius 3 is 2.71 bits per heavy atom. The Morgan fingerprint density at radius 1 is 1.29 bits per heavy atom. The summed E-state index contributed by atoms with van der Waals surface area (Å²) < 4.78 is 0. The van der Waals surface area contributed by atoms with Crippen LogP contribution in [0.4, 0.5) is 5.82 Å². The van der Waals surface area contributed by atoms with Gasteiger partial charge in [0, 0.05) is 17.5 Å². The van der Waals surface area contributed by atoms with E-state index in [4.69, 9.17) is 0 Å². The lowest BCUT2D eigenvalue weighted by Gasteiger charge is -2.09. The topological polar surface area (TPSA) is 83.6 Å². The van der Waals surface area contributed by atoms with Gasteiger partial charge in [0.1, 0.15) is 17.3 Å². The fourth-order valence-corrected chi connectivity index (χ4v) is 1.45. The number of carbonyl (C=O) groups excluding carboxylic acids is 1. The lowest BCUT2D eigenvalue weighted by molar-refractivity contribution is 0.102. The van der Waals surface area contributed by atoms with Gasteiger partial charge in [-0.3, -0.25) is 9.89 Å². The van der Waals surface area contributed by atoms with E-state index in [2.05, 4.69) is 25.5 Å². The zero-order valence-electron chi connectivity index (χ0n) is 9.90. The zero-order valence-corrected chi connectivity index (χ0v) is 9.90. The van der Waals surface area contributed by atoms with E-state index in [0.717, 1.165) is 11.3 Å². The molecule has 2 heterocycles. The summed E-state index contributed by atoms with van der Waals surface area (Å²) in [4.78, 5) is 20.2. The van der Waals surface area contributed by atoms with Crippen molar-refractivity contribution < 1.29 is 4.79 Å². The lowest BCUT2D eigenvalue weighted by atomic mass is 10.2. The van der Waals surface area contributed by atoms with Gasteiger partial charge < -0.3 is 5.32 Å². The molecule has 0 radical (unpaired) electrons. The summed E-state index contributed by atoms with van der Waals surface area (Å²) in [5.41, 5.74) is 2.12. The molecular weight excluding hydrogens is 218 g/mol. The van der Waals surface area contributed by atoms with E-state index in [9.17, 15) is 4.79 Å². The number of anilines is 1. The molecule has 0 unspecified atom stereocenters. The van der Waals surface area contributed by atoms with Gasteiger partial charge in [-0.05, 0) is 26.8 Å². The van der Waals surface area contributed by atoms with Crippen LogP contribution < -0.4 is 5.32 Å². The van der Waals surface area contributed by atoms with Crippen LogP contribution in [0.3, 0.4) is 0 Å². The second-order valence-corrected chi connectivity index (χ2v) is 3.75. The minimum atomic E-state index is -0.261. The molecule has 0 aromatic carbocycles. The molecule has 88 valence electrons. The van der Waals surface area contributed by atoms with Crippen LogP contribution in [-0.4, -0.2) is 26.1 Å². The number of hydrogen-bond donors (Lipinski definition) is 2. The normalized spacial score (nSPS) is 10.3. The molecule has 0 saturated heterocycles. The molecule has 1 amide bonds. The van der Waals surface area contributed by atoms with Crippen molar-refractivity contribution in [2.45, 2.75) is 20.8 Å². The predicted octanol–water partition coefficient (Wildman–Crippen LogP) is 1.38. The van der Waals surface area contributed by atoms with Crippen LogP contribution in [0, 0.1) is 20.8 Å². The summed E-state index contributed by atoms with van der Waals surface area (Å²) in [6.07, 6.45) is 1.53. The van der Waals surface area contributed by atoms with Crippen LogP contribution in [0.25, 0.3) is 0 Å². The molecule has 0 fully saturated rings. The van der Waals surface area contributed by atoms with Crippen LogP contribution in [0.5, 0.6) is 0 Å². The third kappa shape index (κ3) is 2.30. The van der Waals surface area contributed by atoms with E-state index in [1.165, 1.54) is 6.20 Å². The number of aromatic amines is 1. The van der Waals surface area contributed by atoms with E-state index in [0.29, 0.717) is 17.3 Å². The van der Waals surface area contributed by atoms with E-state index < -0.39 is 0 Å². The van der Waals surface area contributed by atoms with Crippen LogP contribution in [-0.2, 0) is 0 Å². The summed E-state index contributed by atoms with van der Waals surface area (Å²) in [5, 5.41) is 9.06. The highest BCUT2D eigenvalue weighted by Crippen LogP contribution is 2.15. The first-order valence-corrected chi connectivity index (χ1v) is 5.20. The first-order valence-electron chi connectivity index (χ1n) is 5.20. The van der Waals surface area contributed by atoms with Crippen molar-refractivity contribution in [3.05, 3.63) is 35.0 Å². The molecule has 2 rings (SSSR count). The Labute approximate surface area is 98.5 Å². The minimum absolute atomic E-state index is 0.261. The van der Waals surface area contributed by atoms with E-state index >= 15 is 0 Å². The molecule has 0 bridgehead atoms. The van der Waals surface area contributed by atoms with Gasteiger partial charge in [-0.2, -0.15) is 5.10 Å². The van der Waals surface area contributed by atoms with Gasteiger partial charge in [-0.25, -0.2) is 9.97 Å².